The fourth-order valence-corrected chi connectivity index (χ4v) is 5.12. The minimum Gasteiger partial charge on any atom is -0.495 e. The summed E-state index contributed by atoms with van der Waals surface area (Å²) in [7, 11) is 4.88. The summed E-state index contributed by atoms with van der Waals surface area (Å²) in [6.07, 6.45) is 0. The van der Waals surface area contributed by atoms with E-state index in [4.69, 9.17) is 31.4 Å². The summed E-state index contributed by atoms with van der Waals surface area (Å²) in [6, 6.07) is 17.7. The molecule has 4 rings (SSSR count). The van der Waals surface area contributed by atoms with E-state index in [-0.39, 0.29) is 0 Å². The molecule has 0 heterocycles. The van der Waals surface area contributed by atoms with Gasteiger partial charge in [0.15, 0.2) is 0 Å². The maximum atomic E-state index is 6.14. The van der Waals surface area contributed by atoms with Gasteiger partial charge >= 0.3 is 0 Å². The average Bonchev–Trinajstić information content (AvgIpc) is 2.86. The van der Waals surface area contributed by atoms with E-state index in [1.165, 1.54) is 0 Å². The molecule has 6 heteroatoms. The number of anilines is 3. The number of benzene rings is 4. The number of ether oxygens (including phenoxy) is 3. The van der Waals surface area contributed by atoms with Crippen LogP contribution in [-0.4, -0.2) is 21.3 Å². The van der Waals surface area contributed by atoms with E-state index in [2.05, 4.69) is 20.8 Å². The molecule has 4 aromatic rings. The van der Waals surface area contributed by atoms with Crippen LogP contribution in [0.2, 0.25) is 0 Å². The van der Waals surface area contributed by atoms with Crippen LogP contribution in [-0.2, 0) is 0 Å². The fraction of sp³-hybridized carbons (Fsp3) is 0.200. The molecule has 0 aliphatic rings. The zero-order valence-electron chi connectivity index (χ0n) is 21.7. The lowest BCUT2D eigenvalue weighted by Gasteiger charge is -2.24. The number of hydrogen-bond acceptors (Lipinski definition) is 6. The Morgan fingerprint density at radius 2 is 0.694 bits per heavy atom. The average molecular weight is 484 g/mol. The predicted molar refractivity (Wildman–Crippen MR) is 150 cm³/mol. The van der Waals surface area contributed by atoms with Crippen molar-refractivity contribution in [1.82, 2.24) is 0 Å². The van der Waals surface area contributed by atoms with Crippen molar-refractivity contribution >= 4 is 17.1 Å². The lowest BCUT2D eigenvalue weighted by Crippen LogP contribution is -2.02. The highest BCUT2D eigenvalue weighted by atomic mass is 16.5. The zero-order chi connectivity index (χ0) is 26.1. The first-order chi connectivity index (χ1) is 17.2. The summed E-state index contributed by atoms with van der Waals surface area (Å²) < 4.78 is 16.6. The van der Waals surface area contributed by atoms with Gasteiger partial charge in [-0.1, -0.05) is 18.2 Å². The first kappa shape index (κ1) is 24.8. The van der Waals surface area contributed by atoms with Crippen LogP contribution in [0.25, 0.3) is 33.4 Å². The van der Waals surface area contributed by atoms with Crippen LogP contribution in [0.5, 0.6) is 17.2 Å². The van der Waals surface area contributed by atoms with Crippen LogP contribution in [0, 0.1) is 20.8 Å². The van der Waals surface area contributed by atoms with Crippen LogP contribution < -0.4 is 31.4 Å². The van der Waals surface area contributed by atoms with Crippen molar-refractivity contribution in [3.05, 3.63) is 71.3 Å². The van der Waals surface area contributed by atoms with E-state index < -0.39 is 0 Å². The van der Waals surface area contributed by atoms with E-state index in [0.717, 1.165) is 50.1 Å². The molecule has 4 aromatic carbocycles. The summed E-state index contributed by atoms with van der Waals surface area (Å²) in [4.78, 5) is 0. The molecule has 0 aromatic heterocycles. The summed E-state index contributed by atoms with van der Waals surface area (Å²) in [5.41, 5.74) is 30.0. The molecule has 0 aliphatic carbocycles. The van der Waals surface area contributed by atoms with Crippen molar-refractivity contribution in [3.63, 3.8) is 0 Å². The molecule has 0 atom stereocenters. The second-order valence-corrected chi connectivity index (χ2v) is 8.87. The summed E-state index contributed by atoms with van der Waals surface area (Å²) in [5.74, 6) is 1.91. The van der Waals surface area contributed by atoms with E-state index in [1.54, 1.807) is 21.3 Å². The first-order valence-corrected chi connectivity index (χ1v) is 11.7. The third-order valence-corrected chi connectivity index (χ3v) is 6.82. The molecule has 36 heavy (non-hydrogen) atoms. The Labute approximate surface area is 212 Å². The zero-order valence-corrected chi connectivity index (χ0v) is 21.7. The van der Waals surface area contributed by atoms with Gasteiger partial charge in [-0.05, 0) is 107 Å². The smallest absolute Gasteiger partial charge is 0.142 e. The van der Waals surface area contributed by atoms with Crippen LogP contribution in [0.1, 0.15) is 16.7 Å². The van der Waals surface area contributed by atoms with Crippen molar-refractivity contribution in [2.75, 3.05) is 38.5 Å². The third-order valence-electron chi connectivity index (χ3n) is 6.82. The lowest BCUT2D eigenvalue weighted by atomic mass is 9.80. The SMILES string of the molecule is COc1cc(-c2c(C)c(-c3ccc(N)c(OC)c3)c(C)c(-c3ccc(N)c(OC)c3)c2C)ccc1N. The maximum Gasteiger partial charge on any atom is 0.142 e. The normalized spacial score (nSPS) is 10.8. The number of rotatable bonds is 6. The van der Waals surface area contributed by atoms with E-state index >= 15 is 0 Å². The molecule has 0 aliphatic heterocycles. The van der Waals surface area contributed by atoms with Crippen molar-refractivity contribution < 1.29 is 14.2 Å². The number of nitrogen functional groups attached to an aromatic ring is 3. The second-order valence-electron chi connectivity index (χ2n) is 8.87. The van der Waals surface area contributed by atoms with E-state index in [1.807, 2.05) is 54.6 Å². The Morgan fingerprint density at radius 3 is 0.917 bits per heavy atom. The van der Waals surface area contributed by atoms with Crippen LogP contribution in [0.4, 0.5) is 17.1 Å². The van der Waals surface area contributed by atoms with Gasteiger partial charge in [0.2, 0.25) is 0 Å². The summed E-state index contributed by atoms with van der Waals surface area (Å²) in [5, 5.41) is 0. The standard InChI is InChI=1S/C30H33N3O3/c1-16-28(19-7-10-22(31)25(13-19)34-4)17(2)30(21-9-12-24(33)27(15-21)36-6)18(3)29(16)20-8-11-23(32)26(14-20)35-5/h7-15H,31-33H2,1-6H3. The van der Waals surface area contributed by atoms with Gasteiger partial charge in [-0.15, -0.1) is 0 Å². The number of nitrogens with two attached hydrogens (primary N) is 3. The predicted octanol–water partition coefficient (Wildman–Crippen LogP) is 6.39. The highest BCUT2D eigenvalue weighted by Gasteiger charge is 2.22. The van der Waals surface area contributed by atoms with Gasteiger partial charge in [0.05, 0.1) is 38.4 Å². The molecule has 6 N–H and O–H groups in total. The largest absolute Gasteiger partial charge is 0.495 e. The Balaban J connectivity index is 2.12. The molecule has 0 spiro atoms. The molecule has 0 saturated heterocycles. The molecule has 0 radical (unpaired) electrons. The van der Waals surface area contributed by atoms with Gasteiger partial charge in [0.25, 0.3) is 0 Å². The summed E-state index contributed by atoms with van der Waals surface area (Å²) in [6.45, 7) is 6.43. The van der Waals surface area contributed by atoms with Crippen LogP contribution in [0.3, 0.4) is 0 Å². The van der Waals surface area contributed by atoms with E-state index in [0.29, 0.717) is 34.3 Å². The van der Waals surface area contributed by atoms with Crippen molar-refractivity contribution in [3.8, 4) is 50.6 Å². The Kier molecular flexibility index (Phi) is 6.71. The maximum absolute atomic E-state index is 6.14. The van der Waals surface area contributed by atoms with Gasteiger partial charge in [-0.3, -0.25) is 0 Å². The Hall–Kier alpha value is -4.32. The minimum atomic E-state index is 0.593. The van der Waals surface area contributed by atoms with Gasteiger partial charge in [-0.2, -0.15) is 0 Å². The molecule has 0 fully saturated rings. The number of methoxy groups -OCH3 is 3. The molecule has 0 amide bonds. The van der Waals surface area contributed by atoms with Crippen LogP contribution >= 0.6 is 0 Å². The third kappa shape index (κ3) is 4.15. The lowest BCUT2D eigenvalue weighted by molar-refractivity contribution is 0.417. The molecule has 0 saturated carbocycles. The van der Waals surface area contributed by atoms with Gasteiger partial charge in [-0.25, -0.2) is 0 Å². The molecular weight excluding hydrogens is 450 g/mol. The van der Waals surface area contributed by atoms with Gasteiger partial charge in [0.1, 0.15) is 17.2 Å². The number of hydrogen-bond donors (Lipinski definition) is 3. The Morgan fingerprint density at radius 1 is 0.444 bits per heavy atom. The quantitative estimate of drug-likeness (QED) is 0.275. The van der Waals surface area contributed by atoms with Crippen molar-refractivity contribution in [1.29, 1.82) is 0 Å². The van der Waals surface area contributed by atoms with Gasteiger partial charge in [0, 0.05) is 0 Å². The minimum absolute atomic E-state index is 0.593. The highest BCUT2D eigenvalue weighted by Crippen LogP contribution is 2.46. The monoisotopic (exact) mass is 483 g/mol. The Bertz CT molecular complexity index is 1260. The van der Waals surface area contributed by atoms with Gasteiger partial charge < -0.3 is 31.4 Å². The molecule has 0 bridgehead atoms. The van der Waals surface area contributed by atoms with Crippen LogP contribution in [0.15, 0.2) is 54.6 Å². The first-order valence-electron chi connectivity index (χ1n) is 11.7. The highest BCUT2D eigenvalue weighted by molar-refractivity contribution is 5.93. The molecule has 0 unspecified atom stereocenters. The van der Waals surface area contributed by atoms with E-state index in [9.17, 15) is 0 Å². The van der Waals surface area contributed by atoms with Crippen molar-refractivity contribution in [2.45, 2.75) is 20.8 Å². The molecule has 186 valence electrons. The van der Waals surface area contributed by atoms with Crippen molar-refractivity contribution in [2.24, 2.45) is 0 Å². The summed E-state index contributed by atoms with van der Waals surface area (Å²) >= 11 is 0. The second kappa shape index (κ2) is 9.74. The topological polar surface area (TPSA) is 106 Å². The molecule has 6 nitrogen and oxygen atoms in total. The molecular formula is C30H33N3O3. The fourth-order valence-electron chi connectivity index (χ4n) is 5.12.